The molecule has 1 unspecified atom stereocenters. The highest BCUT2D eigenvalue weighted by molar-refractivity contribution is 8.05. The maximum atomic E-state index is 10.3. The molecule has 0 aliphatic carbocycles. The lowest BCUT2D eigenvalue weighted by Gasteiger charge is -1.94. The first kappa shape index (κ1) is 9.57. The summed E-state index contributed by atoms with van der Waals surface area (Å²) in [4.78, 5) is 10.3. The summed E-state index contributed by atoms with van der Waals surface area (Å²) in [6, 6.07) is 0. The van der Waals surface area contributed by atoms with Crippen molar-refractivity contribution < 1.29 is 21.6 Å². The quantitative estimate of drug-likeness (QED) is 0.549. The summed E-state index contributed by atoms with van der Waals surface area (Å²) < 4.78 is 34.5. The second kappa shape index (κ2) is 3.11. The molecule has 0 fully saturated rings. The van der Waals surface area contributed by atoms with Crippen LogP contribution in [0.15, 0.2) is 0 Å². The summed E-state index contributed by atoms with van der Waals surface area (Å²) in [6.45, 7) is 0. The first-order valence-electron chi connectivity index (χ1n) is 2.10. The van der Waals surface area contributed by atoms with Crippen LogP contribution in [0.1, 0.15) is 0 Å². The Labute approximate surface area is 61.0 Å². The van der Waals surface area contributed by atoms with E-state index >= 15 is 0 Å². The van der Waals surface area contributed by atoms with Crippen molar-refractivity contribution in [1.29, 1.82) is 0 Å². The largest absolute Gasteiger partial charge is 0.438 e. The predicted octanol–water partition coefficient (Wildman–Crippen LogP) is -0.539. The van der Waals surface area contributed by atoms with Crippen molar-refractivity contribution in [2.45, 2.75) is 0 Å². The topological polar surface area (TPSA) is 77.5 Å². The van der Waals surface area contributed by atoms with Gasteiger partial charge in [0.25, 0.3) is 0 Å². The van der Waals surface area contributed by atoms with Crippen LogP contribution in [-0.2, 0) is 25.1 Å². The number of hydrogen-bond acceptors (Lipinski definition) is 5. The first-order chi connectivity index (χ1) is 4.34. The highest BCUT2D eigenvalue weighted by Gasteiger charge is 2.18. The zero-order chi connectivity index (χ0) is 8.36. The van der Waals surface area contributed by atoms with Crippen LogP contribution in [0, 0.1) is 0 Å². The van der Waals surface area contributed by atoms with Crippen molar-refractivity contribution in [2.75, 3.05) is 12.5 Å². The molecule has 60 valence electrons. The minimum absolute atomic E-state index is 0.683. The monoisotopic (exact) mass is 186 g/mol. The van der Waals surface area contributed by atoms with E-state index in [9.17, 15) is 17.4 Å². The van der Waals surface area contributed by atoms with Crippen molar-refractivity contribution in [1.82, 2.24) is 0 Å². The summed E-state index contributed by atoms with van der Waals surface area (Å²) in [5.74, 6) is 0. The van der Waals surface area contributed by atoms with E-state index in [4.69, 9.17) is 0 Å². The SMILES string of the molecule is CS(=O)OC(=O)S(C)(=O)=O. The van der Waals surface area contributed by atoms with E-state index in [2.05, 4.69) is 4.18 Å². The fraction of sp³-hybridized carbons (Fsp3) is 0.667. The molecule has 0 aromatic carbocycles. The molecule has 7 heteroatoms. The van der Waals surface area contributed by atoms with Crippen molar-refractivity contribution >= 4 is 26.2 Å². The lowest BCUT2D eigenvalue weighted by atomic mass is 11.6. The third kappa shape index (κ3) is 3.57. The molecule has 0 saturated carbocycles. The van der Waals surface area contributed by atoms with E-state index in [1.165, 1.54) is 0 Å². The third-order valence-electron chi connectivity index (χ3n) is 0.488. The van der Waals surface area contributed by atoms with E-state index in [-0.39, 0.29) is 0 Å². The molecule has 0 saturated heterocycles. The van der Waals surface area contributed by atoms with Gasteiger partial charge in [-0.05, 0) is 0 Å². The van der Waals surface area contributed by atoms with Crippen LogP contribution < -0.4 is 0 Å². The number of carbonyl (C=O) groups is 1. The molecule has 0 aliphatic rings. The maximum Gasteiger partial charge on any atom is 0.438 e. The molecule has 0 amide bonds. The second-order valence-electron chi connectivity index (χ2n) is 1.51. The van der Waals surface area contributed by atoms with Gasteiger partial charge in [0.05, 0.1) is 6.26 Å². The normalized spacial score (nSPS) is 14.2. The summed E-state index contributed by atoms with van der Waals surface area (Å²) in [7, 11) is -3.85. The van der Waals surface area contributed by atoms with Gasteiger partial charge in [-0.3, -0.25) is 0 Å². The molecular weight excluding hydrogens is 180 g/mol. The van der Waals surface area contributed by atoms with Crippen molar-refractivity contribution in [3.63, 3.8) is 0 Å². The lowest BCUT2D eigenvalue weighted by molar-refractivity contribution is 0.229. The Bertz CT molecular complexity index is 250. The summed E-state index contributed by atoms with van der Waals surface area (Å²) >= 11 is -1.87. The van der Waals surface area contributed by atoms with Gasteiger partial charge in [-0.15, -0.1) is 0 Å². The van der Waals surface area contributed by atoms with Crippen LogP contribution in [0.3, 0.4) is 0 Å². The van der Waals surface area contributed by atoms with Gasteiger partial charge in [0.1, 0.15) is 0 Å². The third-order valence-corrected chi connectivity index (χ3v) is 1.67. The van der Waals surface area contributed by atoms with E-state index in [1.807, 2.05) is 0 Å². The zero-order valence-corrected chi connectivity index (χ0v) is 6.99. The van der Waals surface area contributed by atoms with E-state index in [0.717, 1.165) is 6.26 Å². The molecule has 10 heavy (non-hydrogen) atoms. The van der Waals surface area contributed by atoms with Crippen molar-refractivity contribution in [3.8, 4) is 0 Å². The van der Waals surface area contributed by atoms with Gasteiger partial charge < -0.3 is 4.18 Å². The molecular formula is C3H6O5S2. The Balaban J connectivity index is 4.28. The summed E-state index contributed by atoms with van der Waals surface area (Å²) in [5.41, 5.74) is 0. The molecule has 0 aromatic rings. The van der Waals surface area contributed by atoms with Gasteiger partial charge in [-0.25, -0.2) is 17.4 Å². The molecule has 0 heterocycles. The van der Waals surface area contributed by atoms with E-state index < -0.39 is 26.2 Å². The summed E-state index contributed by atoms with van der Waals surface area (Å²) in [5, 5.41) is -1.46. The molecule has 0 radical (unpaired) electrons. The Kier molecular flexibility index (Phi) is 2.97. The van der Waals surface area contributed by atoms with Crippen LogP contribution >= 0.6 is 0 Å². The van der Waals surface area contributed by atoms with E-state index in [0.29, 0.717) is 6.26 Å². The number of sulfone groups is 1. The lowest BCUT2D eigenvalue weighted by Crippen LogP contribution is -2.14. The van der Waals surface area contributed by atoms with Crippen LogP contribution in [0.2, 0.25) is 0 Å². The van der Waals surface area contributed by atoms with Crippen molar-refractivity contribution in [2.24, 2.45) is 0 Å². The smallest absolute Gasteiger partial charge is 0.352 e. The Morgan fingerprint density at radius 1 is 1.50 bits per heavy atom. The van der Waals surface area contributed by atoms with Crippen LogP contribution in [0.25, 0.3) is 0 Å². The Morgan fingerprint density at radius 3 is 2.00 bits per heavy atom. The molecule has 0 bridgehead atoms. The predicted molar refractivity (Wildman–Crippen MR) is 35.4 cm³/mol. The van der Waals surface area contributed by atoms with Gasteiger partial charge in [0, 0.05) is 6.26 Å². The fourth-order valence-corrected chi connectivity index (χ4v) is 1.13. The molecule has 0 rings (SSSR count). The molecule has 0 aromatic heterocycles. The number of rotatable bonds is 1. The molecule has 1 atom stereocenters. The molecule has 0 N–H and O–H groups in total. The Hall–Kier alpha value is -0.430. The first-order valence-corrected chi connectivity index (χ1v) is 5.47. The highest BCUT2D eigenvalue weighted by atomic mass is 32.2. The zero-order valence-electron chi connectivity index (χ0n) is 5.36. The van der Waals surface area contributed by atoms with Gasteiger partial charge in [0.15, 0.2) is 0 Å². The second-order valence-corrected chi connectivity index (χ2v) is 4.35. The summed E-state index contributed by atoms with van der Waals surface area (Å²) in [6.07, 6.45) is 1.74. The van der Waals surface area contributed by atoms with Crippen LogP contribution in [0.4, 0.5) is 4.79 Å². The maximum absolute atomic E-state index is 10.3. The van der Waals surface area contributed by atoms with Gasteiger partial charge in [0.2, 0.25) is 20.9 Å². The highest BCUT2D eigenvalue weighted by Crippen LogP contribution is 1.92. The average molecular weight is 186 g/mol. The average Bonchev–Trinajstić information content (AvgIpc) is 1.60. The van der Waals surface area contributed by atoms with Gasteiger partial charge >= 0.3 is 5.30 Å². The van der Waals surface area contributed by atoms with Crippen LogP contribution in [-0.4, -0.2) is 30.4 Å². The number of carbonyl (C=O) groups excluding carboxylic acids is 1. The van der Waals surface area contributed by atoms with Gasteiger partial charge in [-0.2, -0.15) is 0 Å². The Morgan fingerprint density at radius 2 is 1.90 bits per heavy atom. The van der Waals surface area contributed by atoms with E-state index in [1.54, 1.807) is 0 Å². The molecule has 0 spiro atoms. The minimum atomic E-state index is -3.85. The minimum Gasteiger partial charge on any atom is -0.352 e. The molecule has 0 aliphatic heterocycles. The number of hydrogen-bond donors (Lipinski definition) is 0. The van der Waals surface area contributed by atoms with Crippen molar-refractivity contribution in [3.05, 3.63) is 0 Å². The van der Waals surface area contributed by atoms with Crippen LogP contribution in [0.5, 0.6) is 0 Å². The fourth-order valence-electron chi connectivity index (χ4n) is 0.158. The molecule has 5 nitrogen and oxygen atoms in total. The standard InChI is InChI=1S/C3H6O5S2/c1-9(5)8-3(4)10(2,6)7/h1-2H3. The van der Waals surface area contributed by atoms with Gasteiger partial charge in [-0.1, -0.05) is 0 Å².